The van der Waals surface area contributed by atoms with E-state index >= 15 is 0 Å². The van der Waals surface area contributed by atoms with Gasteiger partial charge >= 0.3 is 6.18 Å². The van der Waals surface area contributed by atoms with Crippen molar-refractivity contribution in [3.63, 3.8) is 0 Å². The molecule has 2 aromatic rings. The number of hydrogen-bond acceptors (Lipinski definition) is 0. The van der Waals surface area contributed by atoms with E-state index < -0.39 is 11.7 Å². The van der Waals surface area contributed by atoms with E-state index in [1.807, 2.05) is 26.0 Å². The van der Waals surface area contributed by atoms with Gasteiger partial charge in [-0.15, -0.1) is 0 Å². The van der Waals surface area contributed by atoms with Crippen molar-refractivity contribution in [2.45, 2.75) is 33.9 Å². The zero-order valence-corrected chi connectivity index (χ0v) is 14.3. The van der Waals surface area contributed by atoms with Crippen molar-refractivity contribution >= 4 is 23.2 Å². The molecule has 0 aliphatic rings. The highest BCUT2D eigenvalue weighted by Gasteiger charge is 2.31. The number of alkyl halides is 3. The van der Waals surface area contributed by atoms with Gasteiger partial charge in [0.2, 0.25) is 0 Å². The maximum absolute atomic E-state index is 12.2. The second-order valence-corrected chi connectivity index (χ2v) is 5.98. The first-order chi connectivity index (χ1) is 10.0. The van der Waals surface area contributed by atoms with E-state index in [4.69, 9.17) is 23.2 Å². The van der Waals surface area contributed by atoms with Crippen LogP contribution in [0, 0.1) is 27.7 Å². The first-order valence-electron chi connectivity index (χ1n) is 6.59. The molecular weight excluding hydrogens is 332 g/mol. The summed E-state index contributed by atoms with van der Waals surface area (Å²) < 4.78 is 36.7. The third-order valence-electron chi connectivity index (χ3n) is 3.12. The van der Waals surface area contributed by atoms with Crippen LogP contribution < -0.4 is 0 Å². The molecule has 0 heterocycles. The first-order valence-corrected chi connectivity index (χ1v) is 7.34. The Morgan fingerprint density at radius 3 is 1.68 bits per heavy atom. The van der Waals surface area contributed by atoms with Crippen LogP contribution in [0.2, 0.25) is 10.0 Å². The second-order valence-electron chi connectivity index (χ2n) is 5.17. The quantitative estimate of drug-likeness (QED) is 0.484. The van der Waals surface area contributed by atoms with Gasteiger partial charge < -0.3 is 0 Å². The van der Waals surface area contributed by atoms with Crippen molar-refractivity contribution in [1.82, 2.24) is 0 Å². The predicted molar refractivity (Wildman–Crippen MR) is 86.9 cm³/mol. The first kappa shape index (κ1) is 18.9. The highest BCUT2D eigenvalue weighted by atomic mass is 35.5. The molecule has 0 atom stereocenters. The normalized spacial score (nSPS) is 11.0. The van der Waals surface area contributed by atoms with E-state index in [1.54, 1.807) is 13.0 Å². The van der Waals surface area contributed by atoms with Crippen LogP contribution in [0.1, 0.15) is 27.8 Å². The Hall–Kier alpha value is -1.19. The Labute approximate surface area is 138 Å². The number of benzene rings is 2. The summed E-state index contributed by atoms with van der Waals surface area (Å²) in [7, 11) is 0. The molecule has 5 heteroatoms. The average molecular weight is 349 g/mol. The van der Waals surface area contributed by atoms with E-state index in [0.29, 0.717) is 5.56 Å². The van der Waals surface area contributed by atoms with Crippen LogP contribution in [-0.4, -0.2) is 0 Å². The Morgan fingerprint density at radius 2 is 1.27 bits per heavy atom. The van der Waals surface area contributed by atoms with Gasteiger partial charge in [0.05, 0.1) is 5.56 Å². The lowest BCUT2D eigenvalue weighted by molar-refractivity contribution is -0.138. The number of aryl methyl sites for hydroxylation is 3. The molecule has 0 spiro atoms. The summed E-state index contributed by atoms with van der Waals surface area (Å²) >= 11 is 11.7. The summed E-state index contributed by atoms with van der Waals surface area (Å²) in [4.78, 5) is 0. The smallest absolute Gasteiger partial charge is 0.166 e. The molecule has 0 radical (unpaired) electrons. The van der Waals surface area contributed by atoms with Gasteiger partial charge in [-0.1, -0.05) is 40.9 Å². The molecule has 0 aliphatic heterocycles. The summed E-state index contributed by atoms with van der Waals surface area (Å²) in [6.07, 6.45) is -4.23. The molecule has 22 heavy (non-hydrogen) atoms. The van der Waals surface area contributed by atoms with Crippen LogP contribution in [0.25, 0.3) is 0 Å². The van der Waals surface area contributed by atoms with Crippen LogP contribution >= 0.6 is 23.2 Å². The van der Waals surface area contributed by atoms with E-state index in [9.17, 15) is 13.2 Å². The molecule has 0 aromatic heterocycles. The van der Waals surface area contributed by atoms with Crippen LogP contribution in [0.4, 0.5) is 13.2 Å². The maximum atomic E-state index is 12.2. The van der Waals surface area contributed by atoms with E-state index in [2.05, 4.69) is 0 Å². The van der Waals surface area contributed by atoms with E-state index in [1.165, 1.54) is 13.0 Å². The molecule has 0 nitrogen and oxygen atoms in total. The molecule has 0 unspecified atom stereocenters. The molecular formula is C17H17Cl2F3. The Bertz CT molecular complexity index is 638. The molecule has 0 saturated carbocycles. The minimum absolute atomic E-state index is 0.271. The lowest BCUT2D eigenvalue weighted by Crippen LogP contribution is -2.07. The fourth-order valence-corrected chi connectivity index (χ4v) is 2.41. The van der Waals surface area contributed by atoms with E-state index in [-0.39, 0.29) is 5.56 Å². The van der Waals surface area contributed by atoms with Crippen LogP contribution in [0.3, 0.4) is 0 Å². The van der Waals surface area contributed by atoms with Crippen molar-refractivity contribution in [3.05, 3.63) is 68.2 Å². The molecule has 0 saturated heterocycles. The van der Waals surface area contributed by atoms with Gasteiger partial charge in [0.25, 0.3) is 0 Å². The summed E-state index contributed by atoms with van der Waals surface area (Å²) in [5.41, 5.74) is 2.41. The van der Waals surface area contributed by atoms with Gasteiger partial charge in [0, 0.05) is 10.0 Å². The van der Waals surface area contributed by atoms with Crippen molar-refractivity contribution < 1.29 is 13.2 Å². The topological polar surface area (TPSA) is 0 Å². The molecule has 0 fully saturated rings. The van der Waals surface area contributed by atoms with Crippen LogP contribution in [-0.2, 0) is 6.18 Å². The molecule has 120 valence electrons. The monoisotopic (exact) mass is 348 g/mol. The van der Waals surface area contributed by atoms with Gasteiger partial charge in [-0.3, -0.25) is 0 Å². The van der Waals surface area contributed by atoms with Crippen molar-refractivity contribution in [2.75, 3.05) is 0 Å². The zero-order valence-electron chi connectivity index (χ0n) is 12.8. The Balaban J connectivity index is 0.000000224. The SMILES string of the molecule is Cc1cc(Cl)c(C)c(Cl)c1.Cc1ccc(C)c(C(F)(F)F)c1. The lowest BCUT2D eigenvalue weighted by atomic mass is 10.1. The molecule has 0 N–H and O–H groups in total. The predicted octanol–water partition coefficient (Wildman–Crippen LogP) is 6.93. The van der Waals surface area contributed by atoms with Crippen molar-refractivity contribution in [1.29, 1.82) is 0 Å². The molecule has 0 amide bonds. The molecule has 0 aliphatic carbocycles. The second kappa shape index (κ2) is 7.38. The Kier molecular flexibility index (Phi) is 6.33. The summed E-state index contributed by atoms with van der Waals surface area (Å²) in [6.45, 7) is 6.98. The van der Waals surface area contributed by atoms with Crippen molar-refractivity contribution in [2.24, 2.45) is 0 Å². The van der Waals surface area contributed by atoms with Gasteiger partial charge in [-0.05, 0) is 62.6 Å². The minimum Gasteiger partial charge on any atom is -0.166 e. The van der Waals surface area contributed by atoms with Crippen molar-refractivity contribution in [3.8, 4) is 0 Å². The average Bonchev–Trinajstić information content (AvgIpc) is 2.38. The number of rotatable bonds is 0. The van der Waals surface area contributed by atoms with Gasteiger partial charge in [0.1, 0.15) is 0 Å². The largest absolute Gasteiger partial charge is 0.416 e. The maximum Gasteiger partial charge on any atom is 0.416 e. The highest BCUT2D eigenvalue weighted by molar-refractivity contribution is 6.36. The zero-order chi connectivity index (χ0) is 17.1. The highest BCUT2D eigenvalue weighted by Crippen LogP contribution is 2.32. The van der Waals surface area contributed by atoms with Gasteiger partial charge in [0.15, 0.2) is 0 Å². The van der Waals surface area contributed by atoms with E-state index in [0.717, 1.165) is 27.2 Å². The third kappa shape index (κ3) is 5.22. The summed E-state index contributed by atoms with van der Waals surface area (Å²) in [5.74, 6) is 0. The molecule has 2 aromatic carbocycles. The number of hydrogen-bond donors (Lipinski definition) is 0. The number of halogens is 5. The van der Waals surface area contributed by atoms with Gasteiger partial charge in [-0.25, -0.2) is 0 Å². The summed E-state index contributed by atoms with van der Waals surface area (Å²) in [5, 5.41) is 1.48. The Morgan fingerprint density at radius 1 is 0.773 bits per heavy atom. The van der Waals surface area contributed by atoms with Crippen LogP contribution in [0.5, 0.6) is 0 Å². The summed E-state index contributed by atoms with van der Waals surface area (Å²) in [6, 6.07) is 8.13. The fraction of sp³-hybridized carbons (Fsp3) is 0.294. The van der Waals surface area contributed by atoms with Crippen LogP contribution in [0.15, 0.2) is 30.3 Å². The lowest BCUT2D eigenvalue weighted by Gasteiger charge is -2.10. The molecule has 2 rings (SSSR count). The molecule has 0 bridgehead atoms. The third-order valence-corrected chi connectivity index (χ3v) is 3.91. The van der Waals surface area contributed by atoms with Gasteiger partial charge in [-0.2, -0.15) is 13.2 Å². The standard InChI is InChI=1S/C9H9F3.C8H8Cl2/c1-6-3-4-7(2)8(5-6)9(10,11)12;1-5-3-7(9)6(2)8(10)4-5/h3-5H,1-2H3;3-4H,1-2H3. The fourth-order valence-electron chi connectivity index (χ4n) is 1.81. The minimum atomic E-state index is -4.23.